The Morgan fingerprint density at radius 1 is 1.12 bits per heavy atom. The van der Waals surface area contributed by atoms with Crippen LogP contribution in [0.25, 0.3) is 10.4 Å². The van der Waals surface area contributed by atoms with Crippen molar-refractivity contribution in [2.45, 2.75) is 13.8 Å². The standard InChI is InChI=1S/C18H22N4O2S/c1-12-9-17(25-11-12)14-3-4-15(19)16(10-14)20-18(24)22-7-5-21(6-8-22)13(2)23/h3-4,9-11H,5-8,19H2,1-2H3,(H,20,24). The monoisotopic (exact) mass is 358 g/mol. The Morgan fingerprint density at radius 3 is 2.40 bits per heavy atom. The van der Waals surface area contributed by atoms with Gasteiger partial charge in [-0.2, -0.15) is 0 Å². The topological polar surface area (TPSA) is 78.7 Å². The molecular weight excluding hydrogens is 336 g/mol. The summed E-state index contributed by atoms with van der Waals surface area (Å²) in [7, 11) is 0. The number of piperazine rings is 1. The van der Waals surface area contributed by atoms with E-state index in [-0.39, 0.29) is 11.9 Å². The average Bonchev–Trinajstić information content (AvgIpc) is 3.03. The van der Waals surface area contributed by atoms with Crippen molar-refractivity contribution in [1.29, 1.82) is 0 Å². The lowest BCUT2D eigenvalue weighted by Gasteiger charge is -2.34. The van der Waals surface area contributed by atoms with Gasteiger partial charge in [0.25, 0.3) is 0 Å². The number of rotatable bonds is 2. The summed E-state index contributed by atoms with van der Waals surface area (Å²) in [5.74, 6) is 0.0447. The highest BCUT2D eigenvalue weighted by molar-refractivity contribution is 7.13. The normalized spacial score (nSPS) is 14.5. The van der Waals surface area contributed by atoms with Gasteiger partial charge in [-0.1, -0.05) is 6.07 Å². The molecule has 132 valence electrons. The molecule has 0 spiro atoms. The summed E-state index contributed by atoms with van der Waals surface area (Å²) in [6, 6.07) is 7.61. The Hall–Kier alpha value is -2.54. The maximum atomic E-state index is 12.5. The number of nitrogen functional groups attached to an aromatic ring is 1. The van der Waals surface area contributed by atoms with Gasteiger partial charge in [0.15, 0.2) is 0 Å². The number of benzene rings is 1. The molecule has 0 radical (unpaired) electrons. The van der Waals surface area contributed by atoms with E-state index in [0.29, 0.717) is 37.6 Å². The number of nitrogens with two attached hydrogens (primary N) is 1. The number of carbonyl (C=O) groups is 2. The minimum Gasteiger partial charge on any atom is -0.397 e. The molecule has 0 bridgehead atoms. The molecule has 1 aliphatic rings. The molecule has 3 N–H and O–H groups in total. The molecule has 2 heterocycles. The highest BCUT2D eigenvalue weighted by Gasteiger charge is 2.22. The van der Waals surface area contributed by atoms with Crippen LogP contribution < -0.4 is 11.1 Å². The lowest BCUT2D eigenvalue weighted by atomic mass is 10.1. The van der Waals surface area contributed by atoms with Crippen LogP contribution >= 0.6 is 11.3 Å². The van der Waals surface area contributed by atoms with Crippen molar-refractivity contribution in [3.05, 3.63) is 35.2 Å². The maximum Gasteiger partial charge on any atom is 0.322 e. The molecule has 1 aromatic heterocycles. The van der Waals surface area contributed by atoms with E-state index in [4.69, 9.17) is 5.73 Å². The van der Waals surface area contributed by atoms with Crippen molar-refractivity contribution < 1.29 is 9.59 Å². The van der Waals surface area contributed by atoms with Gasteiger partial charge in [0, 0.05) is 38.0 Å². The maximum absolute atomic E-state index is 12.5. The van der Waals surface area contributed by atoms with Crippen molar-refractivity contribution in [3.63, 3.8) is 0 Å². The van der Waals surface area contributed by atoms with Gasteiger partial charge < -0.3 is 20.9 Å². The highest BCUT2D eigenvalue weighted by atomic mass is 32.1. The van der Waals surface area contributed by atoms with E-state index < -0.39 is 0 Å². The predicted octanol–water partition coefficient (Wildman–Crippen LogP) is 3.00. The van der Waals surface area contributed by atoms with Crippen molar-refractivity contribution in [2.24, 2.45) is 0 Å². The van der Waals surface area contributed by atoms with Crippen LogP contribution in [0.5, 0.6) is 0 Å². The Bertz CT molecular complexity index is 794. The molecule has 7 heteroatoms. The smallest absolute Gasteiger partial charge is 0.322 e. The lowest BCUT2D eigenvalue weighted by molar-refractivity contribution is -0.130. The molecule has 1 saturated heterocycles. The fourth-order valence-electron chi connectivity index (χ4n) is 2.82. The van der Waals surface area contributed by atoms with E-state index in [1.807, 2.05) is 18.2 Å². The first-order valence-electron chi connectivity index (χ1n) is 8.20. The molecule has 0 unspecified atom stereocenters. The van der Waals surface area contributed by atoms with Crippen LogP contribution in [-0.2, 0) is 4.79 Å². The number of aryl methyl sites for hydroxylation is 1. The lowest BCUT2D eigenvalue weighted by Crippen LogP contribution is -2.51. The van der Waals surface area contributed by atoms with Gasteiger partial charge in [-0.25, -0.2) is 4.79 Å². The number of hydrogen-bond acceptors (Lipinski definition) is 4. The number of thiophene rings is 1. The quantitative estimate of drug-likeness (QED) is 0.810. The molecule has 3 amide bonds. The molecule has 3 rings (SSSR count). The number of amides is 3. The van der Waals surface area contributed by atoms with Crippen molar-refractivity contribution in [1.82, 2.24) is 9.80 Å². The molecule has 0 saturated carbocycles. The van der Waals surface area contributed by atoms with Crippen LogP contribution in [0.3, 0.4) is 0 Å². The summed E-state index contributed by atoms with van der Waals surface area (Å²) in [4.78, 5) is 28.5. The first kappa shape index (κ1) is 17.3. The zero-order valence-corrected chi connectivity index (χ0v) is 15.2. The summed E-state index contributed by atoms with van der Waals surface area (Å²) in [5, 5.41) is 5.00. The zero-order valence-electron chi connectivity index (χ0n) is 14.4. The third-order valence-electron chi connectivity index (χ3n) is 4.32. The van der Waals surface area contributed by atoms with E-state index in [9.17, 15) is 9.59 Å². The second-order valence-electron chi connectivity index (χ2n) is 6.21. The average molecular weight is 358 g/mol. The Kier molecular flexibility index (Phi) is 4.94. The number of urea groups is 1. The fraction of sp³-hybridized carbons (Fsp3) is 0.333. The summed E-state index contributed by atoms with van der Waals surface area (Å²) >= 11 is 1.67. The van der Waals surface area contributed by atoms with E-state index in [0.717, 1.165) is 10.4 Å². The van der Waals surface area contributed by atoms with Gasteiger partial charge in [-0.3, -0.25) is 4.79 Å². The van der Waals surface area contributed by atoms with Gasteiger partial charge in [0.05, 0.1) is 11.4 Å². The number of anilines is 2. The number of nitrogens with one attached hydrogen (secondary N) is 1. The molecule has 1 aliphatic heterocycles. The number of nitrogens with zero attached hydrogens (tertiary/aromatic N) is 2. The van der Waals surface area contributed by atoms with Crippen LogP contribution in [0.1, 0.15) is 12.5 Å². The second-order valence-corrected chi connectivity index (χ2v) is 7.12. The molecule has 25 heavy (non-hydrogen) atoms. The number of hydrogen-bond donors (Lipinski definition) is 2. The van der Waals surface area contributed by atoms with Gasteiger partial charge in [0.2, 0.25) is 5.91 Å². The minimum atomic E-state index is -0.186. The predicted molar refractivity (Wildman–Crippen MR) is 102 cm³/mol. The van der Waals surface area contributed by atoms with Crippen LogP contribution in [0.15, 0.2) is 29.6 Å². The van der Waals surface area contributed by atoms with E-state index >= 15 is 0 Å². The molecule has 1 fully saturated rings. The third kappa shape index (κ3) is 3.93. The first-order valence-corrected chi connectivity index (χ1v) is 9.08. The highest BCUT2D eigenvalue weighted by Crippen LogP contribution is 2.31. The molecule has 0 atom stereocenters. The van der Waals surface area contributed by atoms with Gasteiger partial charge in [-0.15, -0.1) is 11.3 Å². The molecule has 0 aliphatic carbocycles. The SMILES string of the molecule is CC(=O)N1CCN(C(=O)Nc2cc(-c3cc(C)cs3)ccc2N)CC1. The minimum absolute atomic E-state index is 0.0447. The third-order valence-corrected chi connectivity index (χ3v) is 5.42. The van der Waals surface area contributed by atoms with Crippen LogP contribution in [0.2, 0.25) is 0 Å². The van der Waals surface area contributed by atoms with Gasteiger partial charge in [-0.05, 0) is 41.6 Å². The fourth-order valence-corrected chi connectivity index (χ4v) is 3.72. The second kappa shape index (κ2) is 7.14. The van der Waals surface area contributed by atoms with Gasteiger partial charge in [0.1, 0.15) is 0 Å². The number of carbonyl (C=O) groups excluding carboxylic acids is 2. The van der Waals surface area contributed by atoms with Crippen LogP contribution in [0.4, 0.5) is 16.2 Å². The van der Waals surface area contributed by atoms with E-state index in [1.54, 1.807) is 28.1 Å². The molecular formula is C18H22N4O2S. The van der Waals surface area contributed by atoms with Crippen LogP contribution in [0, 0.1) is 6.92 Å². The summed E-state index contributed by atoms with van der Waals surface area (Å²) in [5.41, 5.74) is 9.42. The van der Waals surface area contributed by atoms with Crippen molar-refractivity contribution in [3.8, 4) is 10.4 Å². The van der Waals surface area contributed by atoms with Crippen molar-refractivity contribution >= 4 is 34.6 Å². The van der Waals surface area contributed by atoms with Gasteiger partial charge >= 0.3 is 6.03 Å². The van der Waals surface area contributed by atoms with Crippen molar-refractivity contribution in [2.75, 3.05) is 37.2 Å². The first-order chi connectivity index (χ1) is 11.9. The zero-order chi connectivity index (χ0) is 18.0. The Morgan fingerprint density at radius 2 is 1.80 bits per heavy atom. The van der Waals surface area contributed by atoms with E-state index in [2.05, 4.69) is 23.7 Å². The molecule has 1 aromatic carbocycles. The summed E-state index contributed by atoms with van der Waals surface area (Å²) in [6.07, 6.45) is 0. The largest absolute Gasteiger partial charge is 0.397 e. The molecule has 2 aromatic rings. The van der Waals surface area contributed by atoms with Crippen LogP contribution in [-0.4, -0.2) is 47.9 Å². The molecule has 6 nitrogen and oxygen atoms in total. The van der Waals surface area contributed by atoms with E-state index in [1.165, 1.54) is 5.56 Å². The summed E-state index contributed by atoms with van der Waals surface area (Å²) in [6.45, 7) is 5.78. The summed E-state index contributed by atoms with van der Waals surface area (Å²) < 4.78 is 0. The Balaban J connectivity index is 1.70. The Labute approximate surface area is 151 Å².